The zero-order valence-corrected chi connectivity index (χ0v) is 17.3. The molecule has 0 radical (unpaired) electrons. The molecule has 3 aromatic rings. The van der Waals surface area contributed by atoms with Crippen LogP contribution in [0.4, 0.5) is 5.69 Å². The third-order valence-electron chi connectivity index (χ3n) is 4.61. The molecule has 1 aromatic heterocycles. The van der Waals surface area contributed by atoms with Crippen LogP contribution in [0.1, 0.15) is 36.3 Å². The van der Waals surface area contributed by atoms with Crippen molar-refractivity contribution in [2.24, 2.45) is 0 Å². The van der Waals surface area contributed by atoms with Crippen molar-refractivity contribution in [3.8, 4) is 0 Å². The Bertz CT molecular complexity index is 1260. The van der Waals surface area contributed by atoms with Crippen molar-refractivity contribution in [2.75, 3.05) is 5.32 Å². The highest BCUT2D eigenvalue weighted by Crippen LogP contribution is 2.34. The van der Waals surface area contributed by atoms with Crippen molar-refractivity contribution in [3.63, 3.8) is 0 Å². The van der Waals surface area contributed by atoms with Crippen molar-refractivity contribution in [2.45, 2.75) is 30.2 Å². The van der Waals surface area contributed by atoms with Crippen molar-refractivity contribution >= 4 is 38.7 Å². The van der Waals surface area contributed by atoms with E-state index in [-0.39, 0.29) is 32.5 Å². The number of thiazole rings is 1. The minimum absolute atomic E-state index is 0.0405. The summed E-state index contributed by atoms with van der Waals surface area (Å²) in [7, 11) is -3.89. The van der Waals surface area contributed by atoms with Crippen LogP contribution in [-0.4, -0.2) is 25.2 Å². The zero-order valence-electron chi connectivity index (χ0n) is 15.6. The highest BCUT2D eigenvalue weighted by atomic mass is 32.2. The summed E-state index contributed by atoms with van der Waals surface area (Å²) < 4.78 is 26.0. The number of sulfone groups is 1. The molecule has 29 heavy (non-hydrogen) atoms. The Kier molecular flexibility index (Phi) is 4.71. The van der Waals surface area contributed by atoms with Gasteiger partial charge in [0.25, 0.3) is 11.8 Å². The van der Waals surface area contributed by atoms with Gasteiger partial charge in [0, 0.05) is 10.4 Å². The average molecular weight is 428 g/mol. The van der Waals surface area contributed by atoms with Gasteiger partial charge in [0.2, 0.25) is 9.84 Å². The molecular weight excluding hydrogens is 410 g/mol. The number of carbonyl (C=O) groups is 2. The summed E-state index contributed by atoms with van der Waals surface area (Å²) in [5.41, 5.74) is 1.28. The average Bonchev–Trinajstić information content (AvgIpc) is 2.98. The molecule has 148 valence electrons. The molecule has 7 nitrogen and oxygen atoms in total. The van der Waals surface area contributed by atoms with Gasteiger partial charge in [-0.3, -0.25) is 9.59 Å². The van der Waals surface area contributed by atoms with Gasteiger partial charge in [-0.2, -0.15) is 0 Å². The first-order valence-corrected chi connectivity index (χ1v) is 11.1. The SMILES string of the molecule is Cc1nc(C)c(CNC(=O)c2ccc3c(c2)NC(=O)c2ccccc2S3(=O)=O)s1. The van der Waals surface area contributed by atoms with Gasteiger partial charge < -0.3 is 10.6 Å². The van der Waals surface area contributed by atoms with Gasteiger partial charge in [-0.25, -0.2) is 13.4 Å². The fourth-order valence-electron chi connectivity index (χ4n) is 3.20. The molecule has 0 saturated heterocycles. The van der Waals surface area contributed by atoms with Gasteiger partial charge in [0.15, 0.2) is 0 Å². The van der Waals surface area contributed by atoms with E-state index in [1.54, 1.807) is 12.1 Å². The van der Waals surface area contributed by atoms with Crippen LogP contribution in [0.25, 0.3) is 0 Å². The van der Waals surface area contributed by atoms with Crippen molar-refractivity contribution in [3.05, 3.63) is 69.2 Å². The number of rotatable bonds is 3. The summed E-state index contributed by atoms with van der Waals surface area (Å²) in [6.07, 6.45) is 0. The van der Waals surface area contributed by atoms with E-state index in [0.29, 0.717) is 6.54 Å². The largest absolute Gasteiger partial charge is 0.347 e. The minimum Gasteiger partial charge on any atom is -0.347 e. The normalized spacial score (nSPS) is 14.3. The molecule has 9 heteroatoms. The number of hydrogen-bond acceptors (Lipinski definition) is 6. The summed E-state index contributed by atoms with van der Waals surface area (Å²) in [6, 6.07) is 10.2. The molecule has 0 bridgehead atoms. The second kappa shape index (κ2) is 7.09. The van der Waals surface area contributed by atoms with Crippen LogP contribution in [0.15, 0.2) is 52.3 Å². The van der Waals surface area contributed by atoms with Crippen LogP contribution in [0.5, 0.6) is 0 Å². The quantitative estimate of drug-likeness (QED) is 0.668. The van der Waals surface area contributed by atoms with E-state index in [0.717, 1.165) is 15.6 Å². The predicted molar refractivity (Wildman–Crippen MR) is 109 cm³/mol. The van der Waals surface area contributed by atoms with Gasteiger partial charge in [-0.05, 0) is 44.2 Å². The fourth-order valence-corrected chi connectivity index (χ4v) is 5.67. The number of aryl methyl sites for hydroxylation is 2. The molecular formula is C20H17N3O4S2. The van der Waals surface area contributed by atoms with E-state index in [2.05, 4.69) is 15.6 Å². The molecule has 0 unspecified atom stereocenters. The van der Waals surface area contributed by atoms with E-state index in [9.17, 15) is 18.0 Å². The molecule has 2 amide bonds. The highest BCUT2D eigenvalue weighted by Gasteiger charge is 2.31. The standard InChI is InChI=1S/C20H17N3O4S2/c1-11-16(28-12(2)22-11)10-21-19(24)13-7-8-18-15(9-13)23-20(25)14-5-3-4-6-17(14)29(18,26)27/h3-9H,10H2,1-2H3,(H,21,24)(H,23,25). The Balaban J connectivity index is 1.65. The van der Waals surface area contributed by atoms with E-state index < -0.39 is 15.7 Å². The maximum Gasteiger partial charge on any atom is 0.257 e. The molecule has 2 aromatic carbocycles. The third-order valence-corrected chi connectivity index (χ3v) is 7.55. The second-order valence-corrected chi connectivity index (χ2v) is 9.76. The van der Waals surface area contributed by atoms with Gasteiger partial charge in [0.1, 0.15) is 0 Å². The second-order valence-electron chi connectivity index (χ2n) is 6.59. The van der Waals surface area contributed by atoms with Gasteiger partial charge >= 0.3 is 0 Å². The lowest BCUT2D eigenvalue weighted by atomic mass is 10.1. The number of fused-ring (bicyclic) bond motifs is 2. The predicted octanol–water partition coefficient (Wildman–Crippen LogP) is 3.09. The summed E-state index contributed by atoms with van der Waals surface area (Å²) in [6.45, 7) is 4.10. The van der Waals surface area contributed by atoms with Crippen molar-refractivity contribution in [1.82, 2.24) is 10.3 Å². The molecule has 0 spiro atoms. The maximum atomic E-state index is 13.0. The van der Waals surface area contributed by atoms with E-state index in [1.165, 1.54) is 41.7 Å². The molecule has 0 atom stereocenters. The first kappa shape index (κ1) is 19.3. The fraction of sp³-hybridized carbons (Fsp3) is 0.150. The monoisotopic (exact) mass is 427 g/mol. The Morgan fingerprint density at radius 3 is 2.62 bits per heavy atom. The zero-order chi connectivity index (χ0) is 20.8. The summed E-state index contributed by atoms with van der Waals surface area (Å²) in [5, 5.41) is 6.34. The molecule has 2 N–H and O–H groups in total. The van der Waals surface area contributed by atoms with Crippen molar-refractivity contribution < 1.29 is 18.0 Å². The first-order chi connectivity index (χ1) is 13.8. The van der Waals surface area contributed by atoms with E-state index in [1.807, 2.05) is 13.8 Å². The number of nitrogens with one attached hydrogen (secondary N) is 2. The van der Waals surface area contributed by atoms with Crippen molar-refractivity contribution in [1.29, 1.82) is 0 Å². The highest BCUT2D eigenvalue weighted by molar-refractivity contribution is 7.91. The lowest BCUT2D eigenvalue weighted by molar-refractivity contribution is 0.0949. The van der Waals surface area contributed by atoms with Crippen LogP contribution >= 0.6 is 11.3 Å². The Morgan fingerprint density at radius 2 is 1.90 bits per heavy atom. The summed E-state index contributed by atoms with van der Waals surface area (Å²) in [4.78, 5) is 30.3. The third kappa shape index (κ3) is 3.43. The smallest absolute Gasteiger partial charge is 0.257 e. The van der Waals surface area contributed by atoms with Gasteiger partial charge in [-0.15, -0.1) is 11.3 Å². The number of nitrogens with zero attached hydrogens (tertiary/aromatic N) is 1. The Labute approximate surface area is 171 Å². The number of benzene rings is 2. The van der Waals surface area contributed by atoms with Gasteiger partial charge in [0.05, 0.1) is 38.3 Å². The van der Waals surface area contributed by atoms with Crippen LogP contribution in [0, 0.1) is 13.8 Å². The van der Waals surface area contributed by atoms with Crippen LogP contribution in [0.2, 0.25) is 0 Å². The molecule has 0 saturated carbocycles. The topological polar surface area (TPSA) is 105 Å². The molecule has 4 rings (SSSR count). The molecule has 0 aliphatic carbocycles. The lowest BCUT2D eigenvalue weighted by Crippen LogP contribution is -2.23. The number of carbonyl (C=O) groups excluding carboxylic acids is 2. The molecule has 0 fully saturated rings. The van der Waals surface area contributed by atoms with Gasteiger partial charge in [-0.1, -0.05) is 12.1 Å². The Hall–Kier alpha value is -3.04. The minimum atomic E-state index is -3.89. The number of aromatic nitrogens is 1. The lowest BCUT2D eigenvalue weighted by Gasteiger charge is -2.10. The molecule has 2 heterocycles. The van der Waals surface area contributed by atoms with Crippen LogP contribution in [0.3, 0.4) is 0 Å². The first-order valence-electron chi connectivity index (χ1n) is 8.78. The summed E-state index contributed by atoms with van der Waals surface area (Å²) in [5.74, 6) is -0.900. The number of amides is 2. The summed E-state index contributed by atoms with van der Waals surface area (Å²) >= 11 is 1.51. The van der Waals surface area contributed by atoms with Crippen LogP contribution in [-0.2, 0) is 16.4 Å². The number of hydrogen-bond donors (Lipinski definition) is 2. The molecule has 1 aliphatic rings. The maximum absolute atomic E-state index is 13.0. The van der Waals surface area contributed by atoms with E-state index >= 15 is 0 Å². The molecule has 1 aliphatic heterocycles. The Morgan fingerprint density at radius 1 is 1.14 bits per heavy atom. The number of anilines is 1. The van der Waals surface area contributed by atoms with Crippen LogP contribution < -0.4 is 10.6 Å². The van der Waals surface area contributed by atoms with E-state index in [4.69, 9.17) is 0 Å².